The predicted octanol–water partition coefficient (Wildman–Crippen LogP) is 2.37. The molecule has 0 aromatic carbocycles. The van der Waals surface area contributed by atoms with E-state index in [0.29, 0.717) is 0 Å². The minimum atomic E-state index is -0.466. The Balaban J connectivity index is 1.68. The van der Waals surface area contributed by atoms with Crippen LogP contribution in [0.3, 0.4) is 0 Å². The van der Waals surface area contributed by atoms with Gasteiger partial charge in [-0.05, 0) is 39.3 Å². The van der Waals surface area contributed by atoms with Crippen LogP contribution in [0.5, 0.6) is 0 Å². The van der Waals surface area contributed by atoms with Gasteiger partial charge in [0.25, 0.3) is 0 Å². The number of thiophene rings is 1. The third kappa shape index (κ3) is 4.51. The second kappa shape index (κ2) is 5.81. The van der Waals surface area contributed by atoms with E-state index in [0.717, 1.165) is 22.7 Å². The van der Waals surface area contributed by atoms with Gasteiger partial charge < -0.3 is 15.4 Å². The van der Waals surface area contributed by atoms with Crippen LogP contribution in [0, 0.1) is 11.3 Å². The summed E-state index contributed by atoms with van der Waals surface area (Å²) in [6, 6.07) is 6.33. The van der Waals surface area contributed by atoms with Gasteiger partial charge in [0, 0.05) is 23.5 Å². The van der Waals surface area contributed by atoms with Crippen LogP contribution in [-0.4, -0.2) is 23.8 Å². The average Bonchev–Trinajstić information content (AvgIpc) is 2.88. The molecule has 20 heavy (non-hydrogen) atoms. The maximum absolute atomic E-state index is 11.6. The Labute approximate surface area is 122 Å². The zero-order valence-corrected chi connectivity index (χ0v) is 12.7. The molecule has 1 aliphatic carbocycles. The maximum Gasteiger partial charge on any atom is 0.407 e. The number of nitriles is 1. The van der Waals surface area contributed by atoms with E-state index in [1.807, 2.05) is 32.9 Å². The van der Waals surface area contributed by atoms with Gasteiger partial charge in [-0.3, -0.25) is 0 Å². The second-order valence-corrected chi connectivity index (χ2v) is 7.02. The molecule has 1 heterocycles. The molecule has 1 amide bonds. The monoisotopic (exact) mass is 293 g/mol. The van der Waals surface area contributed by atoms with Gasteiger partial charge in [0.05, 0.1) is 0 Å². The third-order valence-corrected chi connectivity index (χ3v) is 3.79. The molecule has 1 aliphatic rings. The summed E-state index contributed by atoms with van der Waals surface area (Å²) in [5.74, 6) is 0. The van der Waals surface area contributed by atoms with Crippen molar-refractivity contribution in [3.05, 3.63) is 21.9 Å². The number of amides is 1. The first kappa shape index (κ1) is 14.8. The molecule has 1 saturated carbocycles. The van der Waals surface area contributed by atoms with Gasteiger partial charge in [-0.25, -0.2) is 4.79 Å². The molecule has 0 spiro atoms. The van der Waals surface area contributed by atoms with Crippen LogP contribution in [-0.2, 0) is 11.3 Å². The summed E-state index contributed by atoms with van der Waals surface area (Å²) in [6.07, 6.45) is 0.546. The summed E-state index contributed by atoms with van der Waals surface area (Å²) in [5, 5.41) is 15.0. The lowest BCUT2D eigenvalue weighted by molar-refractivity contribution is 0.0522. The molecule has 0 radical (unpaired) electrons. The fourth-order valence-electron chi connectivity index (χ4n) is 1.80. The number of ether oxygens (including phenoxy) is 1. The minimum Gasteiger partial charge on any atom is -0.444 e. The fourth-order valence-corrected chi connectivity index (χ4v) is 2.56. The van der Waals surface area contributed by atoms with Crippen molar-refractivity contribution < 1.29 is 9.53 Å². The van der Waals surface area contributed by atoms with Crippen molar-refractivity contribution in [2.75, 3.05) is 0 Å². The molecule has 5 nitrogen and oxygen atoms in total. The molecule has 0 bridgehead atoms. The van der Waals surface area contributed by atoms with Crippen LogP contribution in [0.15, 0.2) is 12.1 Å². The molecule has 0 saturated heterocycles. The van der Waals surface area contributed by atoms with Crippen LogP contribution in [0.1, 0.15) is 36.9 Å². The molecule has 2 unspecified atom stereocenters. The van der Waals surface area contributed by atoms with Crippen molar-refractivity contribution in [2.45, 2.75) is 51.4 Å². The summed E-state index contributed by atoms with van der Waals surface area (Å²) in [7, 11) is 0. The summed E-state index contributed by atoms with van der Waals surface area (Å²) in [4.78, 5) is 13.4. The highest BCUT2D eigenvalue weighted by Gasteiger charge is 2.38. The second-order valence-electron chi connectivity index (χ2n) is 5.85. The largest absolute Gasteiger partial charge is 0.444 e. The lowest BCUT2D eigenvalue weighted by atomic mass is 10.2. The molecule has 108 valence electrons. The normalized spacial score (nSPS) is 21.1. The first-order valence-electron chi connectivity index (χ1n) is 6.59. The molecule has 2 N–H and O–H groups in total. The highest BCUT2D eigenvalue weighted by molar-refractivity contribution is 7.12. The van der Waals surface area contributed by atoms with E-state index in [1.165, 1.54) is 11.3 Å². The van der Waals surface area contributed by atoms with Crippen LogP contribution in [0.25, 0.3) is 0 Å². The SMILES string of the molecule is CC(C)(C)OC(=O)NC1CC1NCc1ccc(C#N)s1. The van der Waals surface area contributed by atoms with Crippen molar-refractivity contribution >= 4 is 17.4 Å². The van der Waals surface area contributed by atoms with E-state index in [-0.39, 0.29) is 18.2 Å². The predicted molar refractivity (Wildman–Crippen MR) is 77.4 cm³/mol. The molecule has 1 fully saturated rings. The van der Waals surface area contributed by atoms with Gasteiger partial charge in [0.15, 0.2) is 0 Å². The smallest absolute Gasteiger partial charge is 0.407 e. The molecule has 2 atom stereocenters. The number of hydrogen-bond donors (Lipinski definition) is 2. The highest BCUT2D eigenvalue weighted by Crippen LogP contribution is 2.23. The van der Waals surface area contributed by atoms with Crippen LogP contribution in [0.4, 0.5) is 4.79 Å². The lowest BCUT2D eigenvalue weighted by Gasteiger charge is -2.19. The zero-order chi connectivity index (χ0) is 14.8. The van der Waals surface area contributed by atoms with Gasteiger partial charge in [0.1, 0.15) is 16.5 Å². The van der Waals surface area contributed by atoms with Crippen LogP contribution < -0.4 is 10.6 Å². The number of nitrogens with zero attached hydrogens (tertiary/aromatic N) is 1. The van der Waals surface area contributed by atoms with E-state index >= 15 is 0 Å². The van der Waals surface area contributed by atoms with E-state index in [9.17, 15) is 4.79 Å². The van der Waals surface area contributed by atoms with Crippen molar-refractivity contribution in [2.24, 2.45) is 0 Å². The van der Waals surface area contributed by atoms with E-state index in [1.54, 1.807) is 0 Å². The Bertz CT molecular complexity index is 527. The molecule has 1 aromatic heterocycles. The Morgan fingerprint density at radius 3 is 2.85 bits per heavy atom. The van der Waals surface area contributed by atoms with Gasteiger partial charge in [0.2, 0.25) is 0 Å². The molecular formula is C14H19N3O2S. The molecule has 2 rings (SSSR count). The number of alkyl carbamates (subject to hydrolysis) is 1. The molecule has 0 aliphatic heterocycles. The third-order valence-electron chi connectivity index (χ3n) is 2.80. The Hall–Kier alpha value is -1.58. The number of nitrogens with one attached hydrogen (secondary N) is 2. The maximum atomic E-state index is 11.6. The summed E-state index contributed by atoms with van der Waals surface area (Å²) in [6.45, 7) is 6.26. The van der Waals surface area contributed by atoms with Gasteiger partial charge in [-0.15, -0.1) is 11.3 Å². The van der Waals surface area contributed by atoms with Gasteiger partial charge in [-0.1, -0.05) is 0 Å². The van der Waals surface area contributed by atoms with Gasteiger partial charge in [-0.2, -0.15) is 5.26 Å². The highest BCUT2D eigenvalue weighted by atomic mass is 32.1. The topological polar surface area (TPSA) is 74.2 Å². The number of rotatable bonds is 4. The number of carbonyl (C=O) groups excluding carboxylic acids is 1. The molecule has 1 aromatic rings. The van der Waals surface area contributed by atoms with Crippen molar-refractivity contribution in [1.82, 2.24) is 10.6 Å². The molecule has 6 heteroatoms. The average molecular weight is 293 g/mol. The fraction of sp³-hybridized carbons (Fsp3) is 0.571. The van der Waals surface area contributed by atoms with Gasteiger partial charge >= 0.3 is 6.09 Å². The Morgan fingerprint density at radius 2 is 2.25 bits per heavy atom. The first-order chi connectivity index (χ1) is 9.37. The zero-order valence-electron chi connectivity index (χ0n) is 11.9. The number of carbonyl (C=O) groups is 1. The Kier molecular flexibility index (Phi) is 4.31. The van der Waals surface area contributed by atoms with E-state index in [4.69, 9.17) is 10.00 Å². The summed E-state index contributed by atoms with van der Waals surface area (Å²) >= 11 is 1.49. The van der Waals surface area contributed by atoms with Crippen molar-refractivity contribution in [3.8, 4) is 6.07 Å². The summed E-state index contributed by atoms with van der Waals surface area (Å²) < 4.78 is 5.21. The van der Waals surface area contributed by atoms with Crippen molar-refractivity contribution in [3.63, 3.8) is 0 Å². The standard InChI is InChI=1S/C14H19N3O2S/c1-14(2,3)19-13(18)17-12-6-11(12)16-8-10-5-4-9(7-15)20-10/h4-5,11-12,16H,6,8H2,1-3H3,(H,17,18). The summed E-state index contributed by atoms with van der Waals surface area (Å²) in [5.41, 5.74) is -0.466. The van der Waals surface area contributed by atoms with Crippen LogP contribution in [0.2, 0.25) is 0 Å². The van der Waals surface area contributed by atoms with Crippen molar-refractivity contribution in [1.29, 1.82) is 5.26 Å². The van der Waals surface area contributed by atoms with E-state index < -0.39 is 5.60 Å². The Morgan fingerprint density at radius 1 is 1.50 bits per heavy atom. The van der Waals surface area contributed by atoms with Crippen LogP contribution >= 0.6 is 11.3 Å². The number of hydrogen-bond acceptors (Lipinski definition) is 5. The minimum absolute atomic E-state index is 0.139. The molecular weight excluding hydrogens is 274 g/mol. The quantitative estimate of drug-likeness (QED) is 0.894. The first-order valence-corrected chi connectivity index (χ1v) is 7.41. The van der Waals surface area contributed by atoms with E-state index in [2.05, 4.69) is 16.7 Å². The lowest BCUT2D eigenvalue weighted by Crippen LogP contribution is -2.36.